The average molecular weight is 652 g/mol. The van der Waals surface area contributed by atoms with Gasteiger partial charge in [-0.3, -0.25) is 0 Å². The Labute approximate surface area is 294 Å². The van der Waals surface area contributed by atoms with Gasteiger partial charge in [-0.05, 0) is 103 Å². The minimum Gasteiger partial charge on any atom is -0.309 e. The summed E-state index contributed by atoms with van der Waals surface area (Å²) in [7, 11) is 0. The third-order valence-corrected chi connectivity index (χ3v) is 11.7. The second-order valence-electron chi connectivity index (χ2n) is 13.3. The van der Waals surface area contributed by atoms with Gasteiger partial charge in [-0.25, -0.2) is 0 Å². The number of rotatable bonds is 3. The molecule has 0 saturated carbocycles. The van der Waals surface area contributed by atoms with E-state index in [9.17, 15) is 0 Å². The molecule has 0 N–H and O–H groups in total. The van der Waals surface area contributed by atoms with Gasteiger partial charge in [0.2, 0.25) is 0 Å². The molecular weight excluding hydrogens is 623 g/mol. The lowest BCUT2D eigenvalue weighted by molar-refractivity contribution is 1.19. The fourth-order valence-electron chi connectivity index (χ4n) is 8.16. The Morgan fingerprint density at radius 3 is 1.90 bits per heavy atom. The first-order chi connectivity index (χ1) is 24.8. The van der Waals surface area contributed by atoms with E-state index in [0.717, 1.165) is 5.69 Å². The predicted molar refractivity (Wildman–Crippen MR) is 214 cm³/mol. The van der Waals surface area contributed by atoms with E-state index in [1.54, 1.807) is 0 Å². The van der Waals surface area contributed by atoms with E-state index >= 15 is 0 Å². The summed E-state index contributed by atoms with van der Waals surface area (Å²) in [6, 6.07) is 65.0. The molecule has 232 valence electrons. The van der Waals surface area contributed by atoms with Crippen LogP contribution in [0.2, 0.25) is 0 Å². The normalized spacial score (nSPS) is 12.3. The highest BCUT2D eigenvalue weighted by molar-refractivity contribution is 7.99. The molecule has 1 nitrogen and oxygen atoms in total. The smallest absolute Gasteiger partial charge is 0.0619 e. The zero-order valence-electron chi connectivity index (χ0n) is 27.1. The van der Waals surface area contributed by atoms with Gasteiger partial charge in [0, 0.05) is 37.0 Å². The van der Waals surface area contributed by atoms with Gasteiger partial charge >= 0.3 is 0 Å². The molecule has 0 spiro atoms. The van der Waals surface area contributed by atoms with Crippen LogP contribution in [0.25, 0.3) is 93.2 Å². The summed E-state index contributed by atoms with van der Waals surface area (Å²) in [5, 5.41) is 10.3. The van der Waals surface area contributed by atoms with Crippen LogP contribution >= 0.6 is 11.8 Å². The van der Waals surface area contributed by atoms with Crippen molar-refractivity contribution in [2.24, 2.45) is 0 Å². The van der Waals surface area contributed by atoms with Crippen molar-refractivity contribution in [1.29, 1.82) is 0 Å². The second-order valence-corrected chi connectivity index (χ2v) is 14.4. The van der Waals surface area contributed by atoms with Crippen LogP contribution in [0.15, 0.2) is 186 Å². The quantitative estimate of drug-likeness (QED) is 0.184. The summed E-state index contributed by atoms with van der Waals surface area (Å²) in [6.07, 6.45) is 0. The maximum atomic E-state index is 2.46. The molecule has 0 aliphatic carbocycles. The van der Waals surface area contributed by atoms with Crippen LogP contribution < -0.4 is 0 Å². The first-order valence-corrected chi connectivity index (χ1v) is 18.0. The summed E-state index contributed by atoms with van der Waals surface area (Å²) in [5.41, 5.74) is 11.2. The molecule has 2 heterocycles. The number of fused-ring (bicyclic) bond motifs is 8. The van der Waals surface area contributed by atoms with Gasteiger partial charge in [0.1, 0.15) is 0 Å². The topological polar surface area (TPSA) is 4.93 Å². The summed E-state index contributed by atoms with van der Waals surface area (Å²) < 4.78 is 2.46. The van der Waals surface area contributed by atoms with Crippen LogP contribution in [0.3, 0.4) is 0 Å². The monoisotopic (exact) mass is 651 g/mol. The largest absolute Gasteiger partial charge is 0.309 e. The van der Waals surface area contributed by atoms with Crippen LogP contribution in [0, 0.1) is 0 Å². The van der Waals surface area contributed by atoms with Crippen molar-refractivity contribution in [2.75, 3.05) is 0 Å². The van der Waals surface area contributed by atoms with E-state index in [0.29, 0.717) is 0 Å². The predicted octanol–water partition coefficient (Wildman–Crippen LogP) is 13.7. The van der Waals surface area contributed by atoms with Crippen molar-refractivity contribution < 1.29 is 0 Å². The van der Waals surface area contributed by atoms with Crippen molar-refractivity contribution in [3.8, 4) is 39.1 Å². The molecule has 0 unspecified atom stereocenters. The van der Waals surface area contributed by atoms with E-state index in [2.05, 4.69) is 180 Å². The zero-order chi connectivity index (χ0) is 32.8. The highest BCUT2D eigenvalue weighted by Crippen LogP contribution is 2.49. The van der Waals surface area contributed by atoms with Gasteiger partial charge < -0.3 is 4.57 Å². The Hall–Kier alpha value is -6.09. The molecule has 1 aliphatic heterocycles. The minimum absolute atomic E-state index is 1.16. The van der Waals surface area contributed by atoms with E-state index in [1.807, 2.05) is 11.8 Å². The molecule has 1 aromatic heterocycles. The summed E-state index contributed by atoms with van der Waals surface area (Å²) in [5.74, 6) is 0. The Bertz CT molecular complexity index is 3000. The minimum atomic E-state index is 1.16. The summed E-state index contributed by atoms with van der Waals surface area (Å²) in [6.45, 7) is 0. The molecule has 50 heavy (non-hydrogen) atoms. The first kappa shape index (κ1) is 27.8. The van der Waals surface area contributed by atoms with Crippen LogP contribution in [-0.2, 0) is 0 Å². The van der Waals surface area contributed by atoms with Crippen molar-refractivity contribution in [3.05, 3.63) is 176 Å². The summed E-state index contributed by atoms with van der Waals surface area (Å²) >= 11 is 1.88. The highest BCUT2D eigenvalue weighted by atomic mass is 32.2. The van der Waals surface area contributed by atoms with Gasteiger partial charge in [0.15, 0.2) is 0 Å². The maximum absolute atomic E-state index is 2.46. The number of hydrogen-bond acceptors (Lipinski definition) is 1. The van der Waals surface area contributed by atoms with Crippen molar-refractivity contribution in [1.82, 2.24) is 4.57 Å². The van der Waals surface area contributed by atoms with Crippen LogP contribution in [0.4, 0.5) is 0 Å². The molecule has 0 radical (unpaired) electrons. The Balaban J connectivity index is 1.02. The van der Waals surface area contributed by atoms with Crippen molar-refractivity contribution in [2.45, 2.75) is 9.79 Å². The second kappa shape index (κ2) is 10.7. The maximum Gasteiger partial charge on any atom is 0.0619 e. The Morgan fingerprint density at radius 1 is 0.360 bits per heavy atom. The number of hydrogen-bond donors (Lipinski definition) is 0. The number of aromatic nitrogens is 1. The molecule has 10 aromatic rings. The lowest BCUT2D eigenvalue weighted by atomic mass is 9.93. The molecule has 2 heteroatoms. The van der Waals surface area contributed by atoms with E-state index in [4.69, 9.17) is 0 Å². The standard InChI is InChI=1S/C48H29NS/c1-2-10-36-29-44-42(27-35(36)9-1)41-24-20-31-8-3-4-15-39(31)48(41)49(44)38-22-18-30(19-23-38)33-13-5-14-34(26-33)37-21-25-45-43(28-37)40-16-6-11-32-12-7-17-46(50-45)47(32)40/h1-29H. The first-order valence-electron chi connectivity index (χ1n) is 17.2. The zero-order valence-corrected chi connectivity index (χ0v) is 27.9. The summed E-state index contributed by atoms with van der Waals surface area (Å²) in [4.78, 5) is 2.66. The SMILES string of the molecule is c1cc(-c2ccc(-n3c4cc5ccccc5cc4c4ccc5ccccc5c43)cc2)cc(-c2ccc3c(c2)-c2cccc4cccc(c24)S3)c1. The fraction of sp³-hybridized carbons (Fsp3) is 0. The molecule has 11 rings (SSSR count). The lowest BCUT2D eigenvalue weighted by Crippen LogP contribution is -1.95. The van der Waals surface area contributed by atoms with E-state index in [-0.39, 0.29) is 0 Å². The Morgan fingerprint density at radius 2 is 1.04 bits per heavy atom. The molecule has 0 atom stereocenters. The molecular formula is C48H29NS. The van der Waals surface area contributed by atoms with Crippen LogP contribution in [0.1, 0.15) is 0 Å². The van der Waals surface area contributed by atoms with Crippen molar-refractivity contribution >= 4 is 65.9 Å². The lowest BCUT2D eigenvalue weighted by Gasteiger charge is -2.21. The molecule has 0 saturated heterocycles. The van der Waals surface area contributed by atoms with Gasteiger partial charge in [-0.15, -0.1) is 0 Å². The molecule has 0 bridgehead atoms. The van der Waals surface area contributed by atoms with Crippen LogP contribution in [-0.4, -0.2) is 4.57 Å². The van der Waals surface area contributed by atoms with Crippen LogP contribution in [0.5, 0.6) is 0 Å². The number of benzene rings is 9. The fourth-order valence-corrected chi connectivity index (χ4v) is 9.28. The third kappa shape index (κ3) is 4.16. The Kier molecular flexibility index (Phi) is 5.96. The van der Waals surface area contributed by atoms with Gasteiger partial charge in [0.25, 0.3) is 0 Å². The van der Waals surface area contributed by atoms with Gasteiger partial charge in [-0.1, -0.05) is 139 Å². The van der Waals surface area contributed by atoms with E-state index < -0.39 is 0 Å². The molecule has 0 amide bonds. The molecule has 1 aliphatic rings. The highest BCUT2D eigenvalue weighted by Gasteiger charge is 2.20. The molecule has 0 fully saturated rings. The van der Waals surface area contributed by atoms with Crippen molar-refractivity contribution in [3.63, 3.8) is 0 Å². The van der Waals surface area contributed by atoms with E-state index in [1.165, 1.54) is 97.3 Å². The molecule has 9 aromatic carbocycles. The number of nitrogens with zero attached hydrogens (tertiary/aromatic N) is 1. The third-order valence-electron chi connectivity index (χ3n) is 10.5. The average Bonchev–Trinajstić information content (AvgIpc) is 3.51. The van der Waals surface area contributed by atoms with Gasteiger partial charge in [0.05, 0.1) is 11.0 Å². The van der Waals surface area contributed by atoms with Gasteiger partial charge in [-0.2, -0.15) is 0 Å².